The summed E-state index contributed by atoms with van der Waals surface area (Å²) < 4.78 is 25.6. The molecule has 2 aliphatic carbocycles. The van der Waals surface area contributed by atoms with Crippen LogP contribution in [-0.2, 0) is 22.7 Å². The number of carbonyl (C=O) groups excluding carboxylic acids is 3. The van der Waals surface area contributed by atoms with Gasteiger partial charge in [0.25, 0.3) is 5.91 Å². The first kappa shape index (κ1) is 44.9. The molecule has 18 heteroatoms. The summed E-state index contributed by atoms with van der Waals surface area (Å²) in [5, 5.41) is 17.3. The van der Waals surface area contributed by atoms with Gasteiger partial charge >= 0.3 is 6.01 Å². The molecule has 1 spiro atoms. The number of phenolic OH excluding ortho intramolecular Hbond substituents is 1. The van der Waals surface area contributed by atoms with E-state index in [4.69, 9.17) is 14.7 Å². The quantitative estimate of drug-likeness (QED) is 0.141. The number of pyridine rings is 1. The smallest absolute Gasteiger partial charge is 0.319 e. The first-order chi connectivity index (χ1) is 34.5. The van der Waals surface area contributed by atoms with E-state index in [1.165, 1.54) is 25.7 Å². The summed E-state index contributed by atoms with van der Waals surface area (Å²) in [5.41, 5.74) is 5.25. The van der Waals surface area contributed by atoms with Crippen LogP contribution in [0.25, 0.3) is 33.2 Å². The van der Waals surface area contributed by atoms with Crippen LogP contribution in [-0.4, -0.2) is 152 Å². The third-order valence-corrected chi connectivity index (χ3v) is 17.6. The van der Waals surface area contributed by atoms with Crippen molar-refractivity contribution in [2.24, 2.45) is 16.7 Å². The third kappa shape index (κ3) is 8.23. The molecule has 71 heavy (non-hydrogen) atoms. The molecule has 2 aromatic carbocycles. The Labute approximate surface area is 412 Å². The zero-order valence-corrected chi connectivity index (χ0v) is 40.5. The molecule has 372 valence electrons. The zero-order valence-electron chi connectivity index (χ0n) is 40.5. The number of likely N-dealkylation sites (tertiary alicyclic amines) is 1. The lowest BCUT2D eigenvalue weighted by atomic mass is 9.57. The van der Waals surface area contributed by atoms with Gasteiger partial charge in [-0.25, -0.2) is 9.37 Å². The SMILES string of the molecule is CCn1cnc2cc(O)cc(-c3ncc4c(N5CC6CCC(C5)N6)nc(OCC5(CN6CCC7(CC6)CC(CN6CCN(c8ccc9c(c8)CN([C@H]8CCC(=O)NC8=O)C9=O)CC6)C7)CC5)nc4c3F)c21. The molecule has 3 amide bonds. The maximum atomic E-state index is 17.1. The molecular formula is C53H63FN12O5. The number of aromatic nitrogens is 5. The standard InChI is InChI=1S/C53H63FN12O5/c1-2-63-31-56-41-21-37(67)20-39(47(41)63)45-44(54)46-40(24-55-45)48(65-27-34-3-4-35(28-65)57-34)60-51(59-46)71-30-53(9-10-53)29-62-13-11-52(12-14-62)22-32(23-52)25-61-15-17-64(18-16-61)36-5-6-38-33(19-36)26-66(50(38)70)42-7-8-43(68)58-49(42)69/h5-6,19-21,24,31-32,34-35,42,57,67H,2-4,7-18,22-23,25-30H2,1H3,(H,58,68,69)/t34?,35?,42-/m0/s1. The van der Waals surface area contributed by atoms with Gasteiger partial charge in [0, 0.05) is 118 Å². The first-order valence-corrected chi connectivity index (χ1v) is 26.1. The number of piperidine rings is 2. The van der Waals surface area contributed by atoms with Crippen molar-refractivity contribution in [3.05, 3.63) is 59.8 Å². The summed E-state index contributed by atoms with van der Waals surface area (Å²) in [4.78, 5) is 68.0. The molecule has 7 fully saturated rings. The van der Waals surface area contributed by atoms with Crippen LogP contribution in [0.2, 0.25) is 0 Å². The van der Waals surface area contributed by atoms with Crippen molar-refractivity contribution in [1.29, 1.82) is 0 Å². The number of hydrogen-bond acceptors (Lipinski definition) is 14. The molecule has 3 atom stereocenters. The largest absolute Gasteiger partial charge is 0.508 e. The van der Waals surface area contributed by atoms with E-state index in [1.54, 1.807) is 29.6 Å². The highest BCUT2D eigenvalue weighted by molar-refractivity contribution is 6.05. The Morgan fingerprint density at radius 3 is 2.41 bits per heavy atom. The Balaban J connectivity index is 0.618. The number of amides is 3. The lowest BCUT2D eigenvalue weighted by Crippen LogP contribution is -2.53. The summed E-state index contributed by atoms with van der Waals surface area (Å²) >= 11 is 0. The Morgan fingerprint density at radius 1 is 0.873 bits per heavy atom. The number of fused-ring (bicyclic) bond motifs is 5. The normalized spacial score (nSPS) is 25.4. The number of phenols is 1. The fraction of sp³-hybridized carbons (Fsp3) is 0.566. The second-order valence-electron chi connectivity index (χ2n) is 22.3. The fourth-order valence-electron chi connectivity index (χ4n) is 13.5. The van der Waals surface area contributed by atoms with Crippen LogP contribution in [0.15, 0.2) is 42.9 Å². The van der Waals surface area contributed by atoms with Gasteiger partial charge in [-0.15, -0.1) is 0 Å². The van der Waals surface area contributed by atoms with Gasteiger partial charge in [0.1, 0.15) is 28.8 Å². The molecule has 5 aromatic rings. The first-order valence-electron chi connectivity index (χ1n) is 26.1. The van der Waals surface area contributed by atoms with Crippen LogP contribution in [0.4, 0.5) is 15.9 Å². The molecule has 9 heterocycles. The molecule has 13 rings (SSSR count). The van der Waals surface area contributed by atoms with Crippen LogP contribution in [0, 0.1) is 22.6 Å². The number of imidazole rings is 1. The summed E-state index contributed by atoms with van der Waals surface area (Å²) in [7, 11) is 0. The minimum Gasteiger partial charge on any atom is -0.508 e. The Kier molecular flexibility index (Phi) is 11.0. The highest BCUT2D eigenvalue weighted by Gasteiger charge is 2.50. The minimum absolute atomic E-state index is 0.00369. The molecule has 2 saturated carbocycles. The van der Waals surface area contributed by atoms with Crippen LogP contribution in [0.5, 0.6) is 11.8 Å². The van der Waals surface area contributed by atoms with Crippen molar-refractivity contribution in [3.8, 4) is 23.0 Å². The van der Waals surface area contributed by atoms with Gasteiger partial charge in [-0.1, -0.05) is 0 Å². The lowest BCUT2D eigenvalue weighted by molar-refractivity contribution is -0.136. The maximum Gasteiger partial charge on any atom is 0.319 e. The number of nitrogens with one attached hydrogen (secondary N) is 2. The van der Waals surface area contributed by atoms with Gasteiger partial charge < -0.3 is 39.3 Å². The van der Waals surface area contributed by atoms with E-state index >= 15 is 4.39 Å². The number of carbonyl (C=O) groups is 3. The molecular weight excluding hydrogens is 904 g/mol. The summed E-state index contributed by atoms with van der Waals surface area (Å²) in [6, 6.07) is 9.52. The Bertz CT molecular complexity index is 2940. The molecule has 17 nitrogen and oxygen atoms in total. The number of nitrogens with zero attached hydrogens (tertiary/aromatic N) is 10. The minimum atomic E-state index is -0.599. The monoisotopic (exact) mass is 967 g/mol. The number of ether oxygens (including phenoxy) is 1. The van der Waals surface area contributed by atoms with E-state index in [2.05, 4.69) is 46.3 Å². The van der Waals surface area contributed by atoms with Gasteiger partial charge in [-0.2, -0.15) is 9.97 Å². The zero-order chi connectivity index (χ0) is 48.2. The predicted molar refractivity (Wildman–Crippen MR) is 265 cm³/mol. The van der Waals surface area contributed by atoms with Crippen molar-refractivity contribution in [2.45, 2.75) is 102 Å². The van der Waals surface area contributed by atoms with Crippen LogP contribution < -0.4 is 25.2 Å². The molecule has 3 N–H and O–H groups in total. The van der Waals surface area contributed by atoms with Gasteiger partial charge in [0.05, 0.1) is 29.4 Å². The van der Waals surface area contributed by atoms with Gasteiger partial charge in [-0.3, -0.25) is 29.6 Å². The maximum absolute atomic E-state index is 17.1. The number of imide groups is 1. The van der Waals surface area contributed by atoms with Crippen molar-refractivity contribution in [1.82, 2.24) is 49.8 Å². The molecule has 2 bridgehead atoms. The van der Waals surface area contributed by atoms with Gasteiger partial charge in [-0.05, 0) is 119 Å². The summed E-state index contributed by atoms with van der Waals surface area (Å²) in [5.74, 6) is 0.0443. The number of halogens is 1. The Morgan fingerprint density at radius 2 is 1.66 bits per heavy atom. The molecule has 6 aliphatic heterocycles. The number of anilines is 2. The van der Waals surface area contributed by atoms with Crippen molar-refractivity contribution < 1.29 is 28.6 Å². The number of aromatic hydroxyl groups is 1. The molecule has 2 unspecified atom stereocenters. The lowest BCUT2D eigenvalue weighted by Gasteiger charge is -2.54. The van der Waals surface area contributed by atoms with Crippen LogP contribution in [0.3, 0.4) is 0 Å². The molecule has 8 aliphatic rings. The number of piperazine rings is 2. The fourth-order valence-corrected chi connectivity index (χ4v) is 13.5. The predicted octanol–water partition coefficient (Wildman–Crippen LogP) is 5.08. The number of benzene rings is 2. The second-order valence-corrected chi connectivity index (χ2v) is 22.3. The average molecular weight is 967 g/mol. The number of aryl methyl sites for hydroxylation is 1. The number of hydrogen-bond donors (Lipinski definition) is 3. The van der Waals surface area contributed by atoms with Crippen LogP contribution >= 0.6 is 0 Å². The highest BCUT2D eigenvalue weighted by Crippen LogP contribution is 2.54. The van der Waals surface area contributed by atoms with Crippen molar-refractivity contribution in [3.63, 3.8) is 0 Å². The average Bonchev–Trinajstić information content (AvgIpc) is 3.68. The van der Waals surface area contributed by atoms with E-state index in [1.807, 2.05) is 23.6 Å². The molecule has 5 saturated heterocycles. The molecule has 3 aromatic heterocycles. The highest BCUT2D eigenvalue weighted by atomic mass is 19.1. The van der Waals surface area contributed by atoms with E-state index < -0.39 is 11.9 Å². The number of rotatable bonds is 12. The second kappa shape index (κ2) is 17.4. The van der Waals surface area contributed by atoms with Gasteiger partial charge in [0.2, 0.25) is 11.8 Å². The van der Waals surface area contributed by atoms with E-state index in [9.17, 15) is 19.5 Å². The summed E-state index contributed by atoms with van der Waals surface area (Å²) in [6.45, 7) is 13.3. The van der Waals surface area contributed by atoms with E-state index in [0.717, 1.165) is 108 Å². The summed E-state index contributed by atoms with van der Waals surface area (Å²) in [6.07, 6.45) is 13.5. The van der Waals surface area contributed by atoms with Gasteiger partial charge in [0.15, 0.2) is 5.82 Å². The topological polar surface area (TPSA) is 177 Å². The van der Waals surface area contributed by atoms with E-state index in [0.29, 0.717) is 77.0 Å². The van der Waals surface area contributed by atoms with Crippen LogP contribution in [0.1, 0.15) is 87.1 Å². The third-order valence-electron chi connectivity index (χ3n) is 17.6. The molecule has 0 radical (unpaired) electrons. The van der Waals surface area contributed by atoms with Crippen molar-refractivity contribution >= 4 is 51.2 Å². The van der Waals surface area contributed by atoms with Crippen molar-refractivity contribution in [2.75, 3.05) is 81.9 Å². The Hall–Kier alpha value is -5.98. The van der Waals surface area contributed by atoms with E-state index in [-0.39, 0.29) is 52.5 Å².